The van der Waals surface area contributed by atoms with Crippen LogP contribution in [0.15, 0.2) is 77.7 Å². The first kappa shape index (κ1) is 23.3. The molecule has 32 heavy (non-hydrogen) atoms. The Labute approximate surface area is 191 Å². The predicted molar refractivity (Wildman–Crippen MR) is 122 cm³/mol. The lowest BCUT2D eigenvalue weighted by Crippen LogP contribution is -2.26. The molecule has 0 saturated heterocycles. The molecule has 0 aliphatic heterocycles. The second kappa shape index (κ2) is 10.3. The van der Waals surface area contributed by atoms with Crippen LogP contribution in [0.25, 0.3) is 0 Å². The van der Waals surface area contributed by atoms with E-state index in [1.54, 1.807) is 0 Å². The minimum Gasteiger partial charge on any atom is -0.482 e. The number of benzene rings is 3. The van der Waals surface area contributed by atoms with Crippen molar-refractivity contribution in [3.05, 3.63) is 88.9 Å². The van der Waals surface area contributed by atoms with Crippen molar-refractivity contribution in [3.63, 3.8) is 0 Å². The molecule has 0 saturated carbocycles. The zero-order chi connectivity index (χ0) is 23.1. The Balaban J connectivity index is 1.59. The van der Waals surface area contributed by atoms with Crippen molar-refractivity contribution in [1.29, 1.82) is 5.26 Å². The predicted octanol–water partition coefficient (Wildman–Crippen LogP) is 4.05. The van der Waals surface area contributed by atoms with Gasteiger partial charge in [0.25, 0.3) is 5.91 Å². The van der Waals surface area contributed by atoms with E-state index in [1.807, 2.05) is 36.4 Å². The molecule has 0 bridgehead atoms. The van der Waals surface area contributed by atoms with Gasteiger partial charge in [0, 0.05) is 19.3 Å². The lowest BCUT2D eigenvalue weighted by atomic mass is 10.2. The van der Waals surface area contributed by atoms with Gasteiger partial charge in [-0.3, -0.25) is 4.79 Å². The second-order valence-corrected chi connectivity index (χ2v) is 9.32. The van der Waals surface area contributed by atoms with Crippen molar-refractivity contribution < 1.29 is 17.9 Å². The van der Waals surface area contributed by atoms with Gasteiger partial charge < -0.3 is 10.1 Å². The monoisotopic (exact) mass is 469 g/mol. The topological polar surface area (TPSA) is 99.5 Å². The molecule has 7 nitrogen and oxygen atoms in total. The first-order chi connectivity index (χ1) is 15.3. The summed E-state index contributed by atoms with van der Waals surface area (Å²) in [4.78, 5) is 12.3. The molecule has 0 fully saturated rings. The van der Waals surface area contributed by atoms with E-state index in [9.17, 15) is 13.2 Å². The number of amides is 1. The molecule has 164 valence electrons. The van der Waals surface area contributed by atoms with Crippen LogP contribution in [-0.2, 0) is 21.4 Å². The highest BCUT2D eigenvalue weighted by atomic mass is 35.5. The lowest BCUT2D eigenvalue weighted by Gasteiger charge is -2.17. The number of carbonyl (C=O) groups is 1. The zero-order valence-corrected chi connectivity index (χ0v) is 18.7. The maximum absolute atomic E-state index is 12.8. The van der Waals surface area contributed by atoms with Gasteiger partial charge in [-0.15, -0.1) is 0 Å². The first-order valence-corrected chi connectivity index (χ1v) is 11.3. The highest BCUT2D eigenvalue weighted by Crippen LogP contribution is 2.25. The maximum atomic E-state index is 12.8. The fourth-order valence-corrected chi connectivity index (χ4v) is 4.24. The molecule has 1 N–H and O–H groups in total. The van der Waals surface area contributed by atoms with E-state index >= 15 is 0 Å². The number of nitrogens with one attached hydrogen (secondary N) is 1. The van der Waals surface area contributed by atoms with Crippen molar-refractivity contribution in [3.8, 4) is 11.8 Å². The largest absolute Gasteiger partial charge is 0.482 e. The number of sulfonamides is 1. The molecule has 0 aliphatic carbocycles. The minimum absolute atomic E-state index is 0.120. The highest BCUT2D eigenvalue weighted by molar-refractivity contribution is 7.89. The summed E-state index contributed by atoms with van der Waals surface area (Å²) in [5.74, 6) is -0.161. The lowest BCUT2D eigenvalue weighted by molar-refractivity contribution is -0.118. The third kappa shape index (κ3) is 5.86. The molecule has 3 aromatic rings. The summed E-state index contributed by atoms with van der Waals surface area (Å²) in [7, 11) is -2.16. The molecule has 3 rings (SSSR count). The molecule has 1 amide bonds. The molecule has 0 unspecified atom stereocenters. The molecule has 3 aromatic carbocycles. The Hall–Kier alpha value is -3.38. The van der Waals surface area contributed by atoms with Gasteiger partial charge in [0.05, 0.1) is 21.6 Å². The van der Waals surface area contributed by atoms with Crippen LogP contribution in [0.4, 0.5) is 5.69 Å². The first-order valence-electron chi connectivity index (χ1n) is 9.52. The van der Waals surface area contributed by atoms with Gasteiger partial charge in [-0.1, -0.05) is 41.9 Å². The van der Waals surface area contributed by atoms with Crippen LogP contribution in [-0.4, -0.2) is 32.3 Å². The van der Waals surface area contributed by atoms with E-state index in [0.717, 1.165) is 5.56 Å². The van der Waals surface area contributed by atoms with Gasteiger partial charge in [0.2, 0.25) is 10.0 Å². The number of anilines is 1. The standard InChI is InChI=1S/C23H20ClN3O4S/c1-27(15-17-5-3-2-4-6-17)32(29,30)20-10-8-19(9-11-20)26-23(28)16-31-22-12-7-18(14-25)13-21(22)24/h2-13H,15-16H2,1H3,(H,26,28). The summed E-state index contributed by atoms with van der Waals surface area (Å²) >= 11 is 6.02. The molecule has 9 heteroatoms. The number of hydrogen-bond donors (Lipinski definition) is 1. The molecular formula is C23H20ClN3O4S. The molecule has 0 radical (unpaired) electrons. The fraction of sp³-hybridized carbons (Fsp3) is 0.130. The number of halogens is 1. The van der Waals surface area contributed by atoms with E-state index in [-0.39, 0.29) is 28.8 Å². The van der Waals surface area contributed by atoms with E-state index in [4.69, 9.17) is 21.6 Å². The SMILES string of the molecule is CN(Cc1ccccc1)S(=O)(=O)c1ccc(NC(=O)COc2ccc(C#N)cc2Cl)cc1. The van der Waals surface area contributed by atoms with Crippen LogP contribution < -0.4 is 10.1 Å². The van der Waals surface area contributed by atoms with Gasteiger partial charge >= 0.3 is 0 Å². The third-order valence-corrected chi connectivity index (χ3v) is 6.63. The highest BCUT2D eigenvalue weighted by Gasteiger charge is 2.21. The second-order valence-electron chi connectivity index (χ2n) is 6.86. The van der Waals surface area contributed by atoms with E-state index in [0.29, 0.717) is 11.3 Å². The van der Waals surface area contributed by atoms with E-state index in [1.165, 1.54) is 53.8 Å². The molecule has 0 spiro atoms. The summed E-state index contributed by atoms with van der Waals surface area (Å²) < 4.78 is 32.2. The number of rotatable bonds is 8. The van der Waals surface area contributed by atoms with Gasteiger partial charge in [0.15, 0.2) is 6.61 Å². The molecule has 0 aromatic heterocycles. The maximum Gasteiger partial charge on any atom is 0.262 e. The Morgan fingerprint density at radius 3 is 2.41 bits per heavy atom. The van der Waals surface area contributed by atoms with Crippen molar-refractivity contribution in [2.75, 3.05) is 19.0 Å². The smallest absolute Gasteiger partial charge is 0.262 e. The Morgan fingerprint density at radius 2 is 1.78 bits per heavy atom. The van der Waals surface area contributed by atoms with Crippen LogP contribution in [0, 0.1) is 11.3 Å². The summed E-state index contributed by atoms with van der Waals surface area (Å²) in [6.07, 6.45) is 0. The number of ether oxygens (including phenoxy) is 1. The van der Waals surface area contributed by atoms with Gasteiger partial charge in [-0.25, -0.2) is 8.42 Å². The van der Waals surface area contributed by atoms with Crippen LogP contribution in [0.1, 0.15) is 11.1 Å². The Bertz CT molecular complexity index is 1240. The summed E-state index contributed by atoms with van der Waals surface area (Å²) in [6, 6.07) is 21.6. The quantitative estimate of drug-likeness (QED) is 0.536. The Morgan fingerprint density at radius 1 is 1.09 bits per heavy atom. The van der Waals surface area contributed by atoms with Crippen molar-refractivity contribution in [2.24, 2.45) is 0 Å². The summed E-state index contributed by atoms with van der Waals surface area (Å²) in [5.41, 5.74) is 1.69. The van der Waals surface area contributed by atoms with Crippen molar-refractivity contribution >= 4 is 33.2 Å². The number of carbonyl (C=O) groups excluding carboxylic acids is 1. The summed E-state index contributed by atoms with van der Waals surface area (Å²) in [5, 5.41) is 11.7. The normalized spacial score (nSPS) is 11.1. The van der Waals surface area contributed by atoms with Gasteiger partial charge in [0.1, 0.15) is 5.75 Å². The number of hydrogen-bond acceptors (Lipinski definition) is 5. The number of nitrogens with zero attached hydrogens (tertiary/aromatic N) is 2. The number of nitriles is 1. The third-order valence-electron chi connectivity index (χ3n) is 4.51. The van der Waals surface area contributed by atoms with Crippen LogP contribution in [0.5, 0.6) is 5.75 Å². The molecule has 0 atom stereocenters. The van der Waals surface area contributed by atoms with Gasteiger partial charge in [-0.2, -0.15) is 9.57 Å². The van der Waals surface area contributed by atoms with Crippen molar-refractivity contribution in [2.45, 2.75) is 11.4 Å². The average Bonchev–Trinajstić information content (AvgIpc) is 2.79. The Kier molecular flexibility index (Phi) is 7.49. The molecule has 0 aliphatic rings. The molecular weight excluding hydrogens is 450 g/mol. The van der Waals surface area contributed by atoms with Crippen LogP contribution in [0.3, 0.4) is 0 Å². The molecule has 0 heterocycles. The van der Waals surface area contributed by atoms with Crippen molar-refractivity contribution in [1.82, 2.24) is 4.31 Å². The summed E-state index contributed by atoms with van der Waals surface area (Å²) in [6.45, 7) is -0.0532. The van der Waals surface area contributed by atoms with Crippen LogP contribution >= 0.6 is 11.6 Å². The zero-order valence-electron chi connectivity index (χ0n) is 17.2. The van der Waals surface area contributed by atoms with Gasteiger partial charge in [-0.05, 0) is 48.0 Å². The van der Waals surface area contributed by atoms with E-state index in [2.05, 4.69) is 5.32 Å². The fourth-order valence-electron chi connectivity index (χ4n) is 2.84. The minimum atomic E-state index is -3.68. The average molecular weight is 470 g/mol. The van der Waals surface area contributed by atoms with E-state index < -0.39 is 15.9 Å². The van der Waals surface area contributed by atoms with Crippen LogP contribution in [0.2, 0.25) is 5.02 Å².